The predicted octanol–water partition coefficient (Wildman–Crippen LogP) is 3.17. The molecule has 1 N–H and O–H groups in total. The quantitative estimate of drug-likeness (QED) is 0.843. The van der Waals surface area contributed by atoms with E-state index in [2.05, 4.69) is 5.32 Å². The van der Waals surface area contributed by atoms with E-state index in [-0.39, 0.29) is 28.4 Å². The Bertz CT molecular complexity index is 750. The fourth-order valence-electron chi connectivity index (χ4n) is 2.36. The highest BCUT2D eigenvalue weighted by Gasteiger charge is 2.23. The summed E-state index contributed by atoms with van der Waals surface area (Å²) in [5.41, 5.74) is 0.370. The van der Waals surface area contributed by atoms with Crippen molar-refractivity contribution >= 4 is 15.7 Å². The van der Waals surface area contributed by atoms with Crippen LogP contribution in [0, 0.1) is 0 Å². The fourth-order valence-corrected chi connectivity index (χ4v) is 3.73. The van der Waals surface area contributed by atoms with E-state index < -0.39 is 9.84 Å². The lowest BCUT2D eigenvalue weighted by atomic mass is 10.2. The van der Waals surface area contributed by atoms with E-state index in [9.17, 15) is 13.2 Å². The molecule has 1 unspecified atom stereocenters. The molecule has 0 aliphatic heterocycles. The summed E-state index contributed by atoms with van der Waals surface area (Å²) in [6.45, 7) is 3.94. The van der Waals surface area contributed by atoms with E-state index in [1.807, 2.05) is 13.8 Å². The molecular weight excluding hydrogens is 314 g/mol. The maximum atomic E-state index is 12.4. The van der Waals surface area contributed by atoms with Crippen LogP contribution in [-0.2, 0) is 15.6 Å². The van der Waals surface area contributed by atoms with E-state index >= 15 is 0 Å². The standard InChI is InChI=1S/C17H21NO4S/c1-3-7-13(2)18-17(19)16-14(10-11-22-16)12-23(20,21)15-8-5-4-6-9-15/h4-6,8-11,13H,3,7,12H2,1-2H3,(H,18,19). The molecule has 0 aliphatic rings. The van der Waals surface area contributed by atoms with Crippen LogP contribution in [0.4, 0.5) is 0 Å². The second-order valence-electron chi connectivity index (χ2n) is 5.51. The Balaban J connectivity index is 2.17. The number of nitrogens with one attached hydrogen (secondary N) is 1. The monoisotopic (exact) mass is 335 g/mol. The maximum Gasteiger partial charge on any atom is 0.287 e. The number of benzene rings is 1. The van der Waals surface area contributed by atoms with Crippen LogP contribution in [0.15, 0.2) is 52.0 Å². The van der Waals surface area contributed by atoms with Gasteiger partial charge in [-0.05, 0) is 31.5 Å². The largest absolute Gasteiger partial charge is 0.459 e. The molecule has 5 nitrogen and oxygen atoms in total. The van der Waals surface area contributed by atoms with E-state index in [0.29, 0.717) is 5.56 Å². The molecule has 0 spiro atoms. The van der Waals surface area contributed by atoms with Gasteiger partial charge in [-0.15, -0.1) is 0 Å². The Morgan fingerprint density at radius 1 is 1.22 bits per heavy atom. The summed E-state index contributed by atoms with van der Waals surface area (Å²) < 4.78 is 30.1. The zero-order valence-corrected chi connectivity index (χ0v) is 14.1. The lowest BCUT2D eigenvalue weighted by molar-refractivity contribution is 0.0909. The first-order valence-electron chi connectivity index (χ1n) is 7.59. The molecule has 1 amide bonds. The Kier molecular flexibility index (Phi) is 5.60. The molecule has 0 fully saturated rings. The number of hydrogen-bond acceptors (Lipinski definition) is 4. The molecular formula is C17H21NO4S. The second-order valence-corrected chi connectivity index (χ2v) is 7.50. The van der Waals surface area contributed by atoms with Crippen molar-refractivity contribution in [3.63, 3.8) is 0 Å². The number of carbonyl (C=O) groups excluding carboxylic acids is 1. The smallest absolute Gasteiger partial charge is 0.287 e. The summed E-state index contributed by atoms with van der Waals surface area (Å²) in [6, 6.07) is 9.71. The zero-order chi connectivity index (χ0) is 16.9. The average Bonchev–Trinajstić information content (AvgIpc) is 2.96. The SMILES string of the molecule is CCCC(C)NC(=O)c1occc1CS(=O)(=O)c1ccccc1. The summed E-state index contributed by atoms with van der Waals surface area (Å²) >= 11 is 0. The molecule has 0 saturated heterocycles. The molecule has 0 saturated carbocycles. The Morgan fingerprint density at radius 3 is 2.57 bits per heavy atom. The minimum absolute atomic E-state index is 0.0104. The minimum Gasteiger partial charge on any atom is -0.459 e. The lowest BCUT2D eigenvalue weighted by Crippen LogP contribution is -2.32. The van der Waals surface area contributed by atoms with Crippen molar-refractivity contribution in [2.45, 2.75) is 43.4 Å². The number of sulfone groups is 1. The van der Waals surface area contributed by atoms with Crippen molar-refractivity contribution in [3.05, 3.63) is 54.0 Å². The van der Waals surface area contributed by atoms with Crippen LogP contribution in [0.5, 0.6) is 0 Å². The van der Waals surface area contributed by atoms with E-state index in [0.717, 1.165) is 12.8 Å². The van der Waals surface area contributed by atoms with Crippen LogP contribution < -0.4 is 5.32 Å². The predicted molar refractivity (Wildman–Crippen MR) is 87.9 cm³/mol. The summed E-state index contributed by atoms with van der Waals surface area (Å²) in [7, 11) is -3.52. The van der Waals surface area contributed by atoms with Crippen molar-refractivity contribution < 1.29 is 17.6 Å². The van der Waals surface area contributed by atoms with Crippen LogP contribution in [0.2, 0.25) is 0 Å². The topological polar surface area (TPSA) is 76.4 Å². The van der Waals surface area contributed by atoms with Crippen LogP contribution in [0.3, 0.4) is 0 Å². The highest BCUT2D eigenvalue weighted by Crippen LogP contribution is 2.20. The Morgan fingerprint density at radius 2 is 1.91 bits per heavy atom. The molecule has 1 heterocycles. The van der Waals surface area contributed by atoms with Crippen molar-refractivity contribution in [2.75, 3.05) is 0 Å². The summed E-state index contributed by atoms with van der Waals surface area (Å²) in [6.07, 6.45) is 3.15. The first-order valence-corrected chi connectivity index (χ1v) is 9.24. The van der Waals surface area contributed by atoms with Gasteiger partial charge in [0.1, 0.15) is 0 Å². The van der Waals surface area contributed by atoms with Gasteiger partial charge in [-0.2, -0.15) is 0 Å². The Hall–Kier alpha value is -2.08. The van der Waals surface area contributed by atoms with Gasteiger partial charge in [0.2, 0.25) is 0 Å². The summed E-state index contributed by atoms with van der Waals surface area (Å²) in [5, 5.41) is 2.82. The fraction of sp³-hybridized carbons (Fsp3) is 0.353. The third-order valence-electron chi connectivity index (χ3n) is 3.50. The molecule has 0 bridgehead atoms. The number of furan rings is 1. The Labute approximate surface area is 136 Å². The van der Waals surface area contributed by atoms with Crippen molar-refractivity contribution in [1.82, 2.24) is 5.32 Å². The first-order chi connectivity index (χ1) is 10.9. The maximum absolute atomic E-state index is 12.4. The molecule has 23 heavy (non-hydrogen) atoms. The third kappa shape index (κ3) is 4.45. The van der Waals surface area contributed by atoms with Crippen LogP contribution in [0.1, 0.15) is 42.8 Å². The van der Waals surface area contributed by atoms with Gasteiger partial charge in [0, 0.05) is 11.6 Å². The molecule has 1 atom stereocenters. The highest BCUT2D eigenvalue weighted by molar-refractivity contribution is 7.90. The normalized spacial score (nSPS) is 12.8. The van der Waals surface area contributed by atoms with E-state index in [1.165, 1.54) is 12.3 Å². The number of hydrogen-bond donors (Lipinski definition) is 1. The van der Waals surface area contributed by atoms with Gasteiger partial charge in [0.25, 0.3) is 5.91 Å². The molecule has 1 aromatic carbocycles. The van der Waals surface area contributed by atoms with Crippen LogP contribution in [0.25, 0.3) is 0 Å². The number of carbonyl (C=O) groups is 1. The zero-order valence-electron chi connectivity index (χ0n) is 13.3. The van der Waals surface area contributed by atoms with Crippen LogP contribution in [-0.4, -0.2) is 20.4 Å². The number of rotatable bonds is 7. The van der Waals surface area contributed by atoms with Gasteiger partial charge < -0.3 is 9.73 Å². The highest BCUT2D eigenvalue weighted by atomic mass is 32.2. The molecule has 6 heteroatoms. The lowest BCUT2D eigenvalue weighted by Gasteiger charge is -2.12. The first kappa shape index (κ1) is 17.3. The van der Waals surface area contributed by atoms with Crippen molar-refractivity contribution in [2.24, 2.45) is 0 Å². The van der Waals surface area contributed by atoms with Gasteiger partial charge in [0.15, 0.2) is 15.6 Å². The van der Waals surface area contributed by atoms with E-state index in [4.69, 9.17) is 4.42 Å². The van der Waals surface area contributed by atoms with Gasteiger partial charge >= 0.3 is 0 Å². The van der Waals surface area contributed by atoms with Gasteiger partial charge in [-0.1, -0.05) is 31.5 Å². The molecule has 1 aromatic heterocycles. The molecule has 2 aromatic rings. The van der Waals surface area contributed by atoms with Crippen molar-refractivity contribution in [3.8, 4) is 0 Å². The number of amides is 1. The van der Waals surface area contributed by atoms with Crippen LogP contribution >= 0.6 is 0 Å². The summed E-state index contributed by atoms with van der Waals surface area (Å²) in [5.74, 6) is -0.583. The summed E-state index contributed by atoms with van der Waals surface area (Å²) in [4.78, 5) is 12.5. The average molecular weight is 335 g/mol. The minimum atomic E-state index is -3.52. The molecule has 0 radical (unpaired) electrons. The molecule has 0 aliphatic carbocycles. The third-order valence-corrected chi connectivity index (χ3v) is 5.18. The van der Waals surface area contributed by atoms with Crippen molar-refractivity contribution in [1.29, 1.82) is 0 Å². The van der Waals surface area contributed by atoms with Gasteiger partial charge in [-0.3, -0.25) is 4.79 Å². The van der Waals surface area contributed by atoms with E-state index in [1.54, 1.807) is 30.3 Å². The molecule has 2 rings (SSSR count). The second kappa shape index (κ2) is 7.46. The van der Waals surface area contributed by atoms with Gasteiger partial charge in [0.05, 0.1) is 16.9 Å². The van der Waals surface area contributed by atoms with Gasteiger partial charge in [-0.25, -0.2) is 8.42 Å². The molecule has 124 valence electrons.